The van der Waals surface area contributed by atoms with E-state index in [9.17, 15) is 9.59 Å². The van der Waals surface area contributed by atoms with Gasteiger partial charge in [-0.1, -0.05) is 30.3 Å². The number of carbonyl (C=O) groups excluding carboxylic acids is 2. The van der Waals surface area contributed by atoms with Gasteiger partial charge in [-0.2, -0.15) is 0 Å². The highest BCUT2D eigenvalue weighted by atomic mass is 32.2. The third kappa shape index (κ3) is 2.79. The third-order valence-electron chi connectivity index (χ3n) is 5.56. The molecule has 132 valence electrons. The summed E-state index contributed by atoms with van der Waals surface area (Å²) in [6.45, 7) is 0. The monoisotopic (exact) mass is 376 g/mol. The van der Waals surface area contributed by atoms with E-state index in [0.29, 0.717) is 10.5 Å². The molecule has 3 aliphatic rings. The fourth-order valence-corrected chi connectivity index (χ4v) is 8.33. The average molecular weight is 376 g/mol. The molecule has 1 aliphatic heterocycles. The molecule has 0 spiro atoms. The van der Waals surface area contributed by atoms with E-state index < -0.39 is 0 Å². The van der Waals surface area contributed by atoms with Crippen LogP contribution in [0.2, 0.25) is 0 Å². The molecular formula is C19H20O4S2. The van der Waals surface area contributed by atoms with Crippen LogP contribution < -0.4 is 0 Å². The van der Waals surface area contributed by atoms with Gasteiger partial charge >= 0.3 is 11.9 Å². The molecule has 2 aliphatic carbocycles. The molecule has 0 amide bonds. The molecule has 6 heteroatoms. The standard InChI is InChI=1S/C19H20O4S2/c1-22-18(20)14-11-9-12(15(14)19(21)23-2)17-16(11)24-13(25-17)8-10-6-4-3-5-7-10/h3-8,11-12,14-17H,9H2,1-2H3/t11-,12+,14?,15?,16-,17+. The number of ether oxygens (including phenoxy) is 2. The van der Waals surface area contributed by atoms with Gasteiger partial charge < -0.3 is 9.47 Å². The van der Waals surface area contributed by atoms with Gasteiger partial charge in [-0.05, 0) is 29.9 Å². The molecule has 1 aromatic carbocycles. The Morgan fingerprint density at radius 3 is 1.96 bits per heavy atom. The first kappa shape index (κ1) is 17.0. The Bertz CT molecular complexity index is 679. The maximum absolute atomic E-state index is 12.3. The van der Waals surface area contributed by atoms with Crippen LogP contribution in [0.4, 0.5) is 0 Å². The van der Waals surface area contributed by atoms with Crippen molar-refractivity contribution in [1.82, 2.24) is 0 Å². The van der Waals surface area contributed by atoms with Gasteiger partial charge in [0.2, 0.25) is 0 Å². The molecule has 0 radical (unpaired) electrons. The summed E-state index contributed by atoms with van der Waals surface area (Å²) in [4.78, 5) is 24.7. The Balaban J connectivity index is 1.61. The highest BCUT2D eigenvalue weighted by Gasteiger charge is 2.65. The van der Waals surface area contributed by atoms with E-state index >= 15 is 0 Å². The molecule has 3 fully saturated rings. The first-order valence-corrected chi connectivity index (χ1v) is 10.2. The van der Waals surface area contributed by atoms with Crippen LogP contribution >= 0.6 is 23.5 Å². The van der Waals surface area contributed by atoms with E-state index in [4.69, 9.17) is 9.47 Å². The zero-order valence-electron chi connectivity index (χ0n) is 14.1. The van der Waals surface area contributed by atoms with Crippen LogP contribution in [0.1, 0.15) is 12.0 Å². The van der Waals surface area contributed by atoms with Gasteiger partial charge in [0, 0.05) is 14.7 Å². The van der Waals surface area contributed by atoms with Gasteiger partial charge in [0.1, 0.15) is 0 Å². The summed E-state index contributed by atoms with van der Waals surface area (Å²) in [5.41, 5.74) is 1.18. The van der Waals surface area contributed by atoms with Crippen LogP contribution in [0, 0.1) is 23.7 Å². The summed E-state index contributed by atoms with van der Waals surface area (Å²) in [6.07, 6.45) is 3.11. The van der Waals surface area contributed by atoms with Crippen molar-refractivity contribution in [2.24, 2.45) is 23.7 Å². The molecule has 4 rings (SSSR count). The van der Waals surface area contributed by atoms with Gasteiger partial charge in [-0.3, -0.25) is 9.59 Å². The van der Waals surface area contributed by atoms with Gasteiger partial charge in [0.15, 0.2) is 0 Å². The van der Waals surface area contributed by atoms with E-state index in [1.165, 1.54) is 24.0 Å². The fraction of sp³-hybridized carbons (Fsp3) is 0.474. The number of methoxy groups -OCH3 is 2. The van der Waals surface area contributed by atoms with Crippen molar-refractivity contribution >= 4 is 41.5 Å². The van der Waals surface area contributed by atoms with Gasteiger partial charge in [0.25, 0.3) is 0 Å². The van der Waals surface area contributed by atoms with E-state index in [-0.39, 0.29) is 35.6 Å². The molecular weight excluding hydrogens is 356 g/mol. The first-order valence-electron chi connectivity index (χ1n) is 8.39. The Hall–Kier alpha value is -1.40. The van der Waals surface area contributed by atoms with Crippen LogP contribution in [0.25, 0.3) is 6.08 Å². The highest BCUT2D eigenvalue weighted by Crippen LogP contribution is 2.67. The molecule has 2 saturated carbocycles. The highest BCUT2D eigenvalue weighted by molar-refractivity contribution is 8.26. The van der Waals surface area contributed by atoms with Crippen molar-refractivity contribution in [3.8, 4) is 0 Å². The summed E-state index contributed by atoms with van der Waals surface area (Å²) in [5, 5.41) is 0.741. The summed E-state index contributed by atoms with van der Waals surface area (Å²) in [6, 6.07) is 10.2. The average Bonchev–Trinajstić information content (AvgIpc) is 3.30. The molecule has 0 aromatic heterocycles. The van der Waals surface area contributed by atoms with E-state index in [1.54, 1.807) is 0 Å². The summed E-state index contributed by atoms with van der Waals surface area (Å²) >= 11 is 3.71. The van der Waals surface area contributed by atoms with Crippen molar-refractivity contribution in [3.05, 3.63) is 40.1 Å². The topological polar surface area (TPSA) is 52.6 Å². The summed E-state index contributed by atoms with van der Waals surface area (Å²) in [5.74, 6) is -0.905. The van der Waals surface area contributed by atoms with Crippen LogP contribution in [0.3, 0.4) is 0 Å². The first-order chi connectivity index (χ1) is 12.1. The second-order valence-corrected chi connectivity index (χ2v) is 9.40. The minimum atomic E-state index is -0.368. The predicted octanol–water partition coefficient (Wildman–Crippen LogP) is 3.43. The lowest BCUT2D eigenvalue weighted by Crippen LogP contribution is -2.44. The van der Waals surface area contributed by atoms with Crippen molar-refractivity contribution in [3.63, 3.8) is 0 Å². The van der Waals surface area contributed by atoms with Gasteiger partial charge in [-0.25, -0.2) is 0 Å². The minimum absolute atomic E-state index is 0.186. The molecule has 25 heavy (non-hydrogen) atoms. The van der Waals surface area contributed by atoms with E-state index in [0.717, 1.165) is 6.42 Å². The quantitative estimate of drug-likeness (QED) is 0.754. The number of benzene rings is 1. The SMILES string of the molecule is COC(=O)C1C(C(=O)OC)[C@@H]2C[C@H]1[C@H]1SC(=Cc3ccccc3)S[C@H]12. The number of esters is 2. The van der Waals surface area contributed by atoms with Gasteiger partial charge in [0.05, 0.1) is 26.1 Å². The number of hydrogen-bond donors (Lipinski definition) is 0. The van der Waals surface area contributed by atoms with Crippen LogP contribution in [-0.4, -0.2) is 36.7 Å². The zero-order chi connectivity index (χ0) is 17.6. The second kappa shape index (κ2) is 6.72. The maximum Gasteiger partial charge on any atom is 0.309 e. The summed E-state index contributed by atoms with van der Waals surface area (Å²) < 4.78 is 11.3. The molecule has 0 N–H and O–H groups in total. The summed E-state index contributed by atoms with van der Waals surface area (Å²) in [7, 11) is 2.80. The minimum Gasteiger partial charge on any atom is -0.469 e. The van der Waals surface area contributed by atoms with E-state index in [2.05, 4.69) is 18.2 Å². The molecule has 1 aromatic rings. The van der Waals surface area contributed by atoms with Crippen molar-refractivity contribution in [2.75, 3.05) is 14.2 Å². The number of fused-ring (bicyclic) bond motifs is 5. The smallest absolute Gasteiger partial charge is 0.309 e. The largest absolute Gasteiger partial charge is 0.469 e. The second-order valence-electron chi connectivity index (χ2n) is 6.70. The Kier molecular flexibility index (Phi) is 4.58. The Labute approximate surface area is 155 Å². The Morgan fingerprint density at radius 2 is 1.48 bits per heavy atom. The number of thioether (sulfide) groups is 2. The zero-order valence-corrected chi connectivity index (χ0v) is 15.7. The third-order valence-corrected chi connectivity index (χ3v) is 8.84. The molecule has 2 bridgehead atoms. The number of carbonyl (C=O) groups is 2. The predicted molar refractivity (Wildman–Crippen MR) is 99.8 cm³/mol. The number of rotatable bonds is 3. The lowest BCUT2D eigenvalue weighted by atomic mass is 9.78. The Morgan fingerprint density at radius 1 is 0.960 bits per heavy atom. The maximum atomic E-state index is 12.3. The van der Waals surface area contributed by atoms with Crippen LogP contribution in [0.15, 0.2) is 34.6 Å². The number of hydrogen-bond acceptors (Lipinski definition) is 6. The molecule has 1 saturated heterocycles. The van der Waals surface area contributed by atoms with Crippen molar-refractivity contribution < 1.29 is 19.1 Å². The van der Waals surface area contributed by atoms with Crippen molar-refractivity contribution in [2.45, 2.75) is 16.9 Å². The lowest BCUT2D eigenvalue weighted by molar-refractivity contribution is -0.159. The van der Waals surface area contributed by atoms with E-state index in [1.807, 2.05) is 41.7 Å². The molecule has 2 unspecified atom stereocenters. The molecule has 6 atom stereocenters. The van der Waals surface area contributed by atoms with Crippen molar-refractivity contribution in [1.29, 1.82) is 0 Å². The van der Waals surface area contributed by atoms with Crippen LogP contribution in [-0.2, 0) is 19.1 Å². The fourth-order valence-electron chi connectivity index (χ4n) is 4.58. The molecule has 4 nitrogen and oxygen atoms in total. The van der Waals surface area contributed by atoms with Gasteiger partial charge in [-0.15, -0.1) is 23.5 Å². The normalized spacial score (nSPS) is 37.1. The lowest BCUT2D eigenvalue weighted by Gasteiger charge is -2.33. The van der Waals surface area contributed by atoms with Crippen LogP contribution in [0.5, 0.6) is 0 Å². The molecule has 1 heterocycles.